The lowest BCUT2D eigenvalue weighted by molar-refractivity contribution is -0.301. The first-order valence-electron chi connectivity index (χ1n) is 30.9. The summed E-state index contributed by atoms with van der Waals surface area (Å²) >= 11 is 0. The Hall–Kier alpha value is -3.84. The number of carbonyl (C=O) groups is 4. The summed E-state index contributed by atoms with van der Waals surface area (Å²) in [5.74, 6) is -3.14. The molecule has 1 aliphatic rings. The molecule has 77 heavy (non-hydrogen) atoms. The molecule has 1 aliphatic heterocycles. The molecule has 0 aromatic heterocycles. The smallest absolute Gasteiger partial charge is 0.335 e. The van der Waals surface area contributed by atoms with Gasteiger partial charge in [0, 0.05) is 19.3 Å². The highest BCUT2D eigenvalue weighted by atomic mass is 16.7. The lowest BCUT2D eigenvalue weighted by Gasteiger charge is -2.40. The minimum absolute atomic E-state index is 0.0472. The van der Waals surface area contributed by atoms with Crippen LogP contribution in [0.3, 0.4) is 0 Å². The standard InChI is InChI=1S/C65H110O12/c1-4-7-10-13-16-19-22-24-26-28-29-31-32-34-37-39-42-45-48-51-57(66)73-54-56(75-58(67)52-49-46-43-40-36-21-18-15-12-9-6-3)55-74-65-63(61(70)60(69)62(77-65)64(71)72)76-59(68)53-50-47-44-41-38-35-33-30-27-25-23-20-17-14-11-8-5-2/h8,11,16-17,19-20,24-27,29,31,56,60-63,65,69-70H,4-7,9-10,12-15,18,21-23,28,30,32-55H2,1-3H3,(H,71,72)/b11-8-,19-16-,20-17-,26-24-,27-25-,31-29-. The predicted octanol–water partition coefficient (Wildman–Crippen LogP) is 16.1. The van der Waals surface area contributed by atoms with Gasteiger partial charge in [0.25, 0.3) is 0 Å². The number of allylic oxidation sites excluding steroid dienone is 12. The molecule has 0 aliphatic carbocycles. The third-order valence-electron chi connectivity index (χ3n) is 13.8. The minimum Gasteiger partial charge on any atom is -0.479 e. The van der Waals surface area contributed by atoms with Crippen LogP contribution in [0.1, 0.15) is 265 Å². The van der Waals surface area contributed by atoms with Crippen LogP contribution in [-0.2, 0) is 42.9 Å². The van der Waals surface area contributed by atoms with Crippen LogP contribution in [0.2, 0.25) is 0 Å². The molecule has 1 rings (SSSR count). The van der Waals surface area contributed by atoms with E-state index in [1.165, 1.54) is 70.6 Å². The quantitative estimate of drug-likeness (QED) is 0.0228. The second-order valence-corrected chi connectivity index (χ2v) is 21.0. The number of esters is 3. The average Bonchev–Trinajstić information content (AvgIpc) is 3.42. The van der Waals surface area contributed by atoms with Crippen molar-refractivity contribution in [1.82, 2.24) is 0 Å². The van der Waals surface area contributed by atoms with Crippen LogP contribution in [0.25, 0.3) is 0 Å². The lowest BCUT2D eigenvalue weighted by Crippen LogP contribution is -2.61. The molecule has 0 amide bonds. The second-order valence-electron chi connectivity index (χ2n) is 21.0. The molecule has 6 unspecified atom stereocenters. The number of carboxylic acids is 1. The van der Waals surface area contributed by atoms with Gasteiger partial charge >= 0.3 is 23.9 Å². The summed E-state index contributed by atoms with van der Waals surface area (Å²) in [6, 6.07) is 0. The van der Waals surface area contributed by atoms with Gasteiger partial charge in [0.2, 0.25) is 0 Å². The Balaban J connectivity index is 2.65. The third-order valence-corrected chi connectivity index (χ3v) is 13.8. The van der Waals surface area contributed by atoms with Crippen LogP contribution in [0.5, 0.6) is 0 Å². The topological polar surface area (TPSA) is 175 Å². The maximum atomic E-state index is 13.1. The van der Waals surface area contributed by atoms with Crippen LogP contribution < -0.4 is 0 Å². The first-order valence-corrected chi connectivity index (χ1v) is 30.9. The van der Waals surface area contributed by atoms with Crippen LogP contribution >= 0.6 is 0 Å². The van der Waals surface area contributed by atoms with Crippen molar-refractivity contribution in [3.8, 4) is 0 Å². The van der Waals surface area contributed by atoms with E-state index in [1.54, 1.807) is 0 Å². The van der Waals surface area contributed by atoms with Crippen molar-refractivity contribution in [2.75, 3.05) is 13.2 Å². The molecule has 0 aromatic rings. The van der Waals surface area contributed by atoms with Gasteiger partial charge in [0.1, 0.15) is 18.8 Å². The van der Waals surface area contributed by atoms with Crippen LogP contribution in [0.4, 0.5) is 0 Å². The highest BCUT2D eigenvalue weighted by molar-refractivity contribution is 5.74. The zero-order valence-electron chi connectivity index (χ0n) is 48.7. The largest absolute Gasteiger partial charge is 0.479 e. The molecule has 0 spiro atoms. The van der Waals surface area contributed by atoms with Crippen molar-refractivity contribution in [1.29, 1.82) is 0 Å². The van der Waals surface area contributed by atoms with E-state index in [4.69, 9.17) is 23.7 Å². The van der Waals surface area contributed by atoms with Gasteiger partial charge in [-0.3, -0.25) is 14.4 Å². The average molecular weight is 1080 g/mol. The van der Waals surface area contributed by atoms with Crippen molar-refractivity contribution in [2.45, 2.75) is 302 Å². The fourth-order valence-electron chi connectivity index (χ4n) is 9.04. The summed E-state index contributed by atoms with van der Waals surface area (Å²) in [5, 5.41) is 31.5. The van der Waals surface area contributed by atoms with Gasteiger partial charge in [0.15, 0.2) is 24.6 Å². The Labute approximate surface area is 468 Å². The van der Waals surface area contributed by atoms with E-state index in [0.29, 0.717) is 19.3 Å². The number of hydrogen-bond donors (Lipinski definition) is 3. The number of hydrogen-bond acceptors (Lipinski definition) is 11. The maximum absolute atomic E-state index is 13.1. The Bertz CT molecular complexity index is 1620. The molecular formula is C65H110O12. The molecule has 12 heteroatoms. The lowest BCUT2D eigenvalue weighted by atomic mass is 9.98. The predicted molar refractivity (Wildman–Crippen MR) is 312 cm³/mol. The Morgan fingerprint density at radius 3 is 1.27 bits per heavy atom. The third kappa shape index (κ3) is 42.7. The van der Waals surface area contributed by atoms with Crippen molar-refractivity contribution in [3.63, 3.8) is 0 Å². The molecule has 0 aromatic carbocycles. The van der Waals surface area contributed by atoms with E-state index in [9.17, 15) is 34.5 Å². The van der Waals surface area contributed by atoms with E-state index in [-0.39, 0.29) is 25.9 Å². The second kappa shape index (κ2) is 52.8. The number of carboxylic acid groups (broad SMARTS) is 1. The maximum Gasteiger partial charge on any atom is 0.335 e. The van der Waals surface area contributed by atoms with E-state index in [0.717, 1.165) is 135 Å². The van der Waals surface area contributed by atoms with Crippen molar-refractivity contribution in [3.05, 3.63) is 72.9 Å². The van der Waals surface area contributed by atoms with Crippen molar-refractivity contribution >= 4 is 23.9 Å². The molecule has 1 saturated heterocycles. The summed E-state index contributed by atoms with van der Waals surface area (Å²) in [7, 11) is 0. The normalized spacial score (nSPS) is 18.5. The number of ether oxygens (including phenoxy) is 5. The SMILES string of the molecule is CC/C=C\C/C=C\C/C=C\CCCCCCCCCC(=O)OC1C(OCC(COC(=O)CCCCCCCC/C=C\C/C=C\C/C=C\CCCCC)OC(=O)CCCCCCCCCCCCC)OC(C(=O)O)C(O)C1O. The first kappa shape index (κ1) is 71.2. The molecule has 12 nitrogen and oxygen atoms in total. The van der Waals surface area contributed by atoms with Crippen molar-refractivity contribution in [2.24, 2.45) is 0 Å². The monoisotopic (exact) mass is 1080 g/mol. The summed E-state index contributed by atoms with van der Waals surface area (Å²) in [5.41, 5.74) is 0. The Morgan fingerprint density at radius 1 is 0.442 bits per heavy atom. The summed E-state index contributed by atoms with van der Waals surface area (Å²) in [6.07, 6.45) is 54.3. The molecule has 1 heterocycles. The number of aliphatic hydroxyl groups is 2. The molecule has 0 saturated carbocycles. The number of rotatable bonds is 52. The van der Waals surface area contributed by atoms with Gasteiger partial charge in [0.05, 0.1) is 6.61 Å². The highest BCUT2D eigenvalue weighted by Crippen LogP contribution is 2.26. The Morgan fingerprint density at radius 2 is 0.818 bits per heavy atom. The van der Waals surface area contributed by atoms with Crippen LogP contribution in [0.15, 0.2) is 72.9 Å². The van der Waals surface area contributed by atoms with E-state index in [2.05, 4.69) is 93.7 Å². The number of unbranched alkanes of at least 4 members (excludes halogenated alkanes) is 26. The molecular weight excluding hydrogens is 973 g/mol. The summed E-state index contributed by atoms with van der Waals surface area (Å²) in [6.45, 7) is 5.84. The molecule has 0 radical (unpaired) electrons. The van der Waals surface area contributed by atoms with Gasteiger partial charge in [-0.2, -0.15) is 0 Å². The fraction of sp³-hybridized carbons (Fsp3) is 0.754. The van der Waals surface area contributed by atoms with E-state index < -0.39 is 67.3 Å². The van der Waals surface area contributed by atoms with Gasteiger partial charge in [-0.05, 0) is 89.9 Å². The number of carbonyl (C=O) groups excluding carboxylic acids is 3. The minimum atomic E-state index is -1.91. The van der Waals surface area contributed by atoms with E-state index >= 15 is 0 Å². The van der Waals surface area contributed by atoms with Gasteiger partial charge in [-0.15, -0.1) is 0 Å². The molecule has 6 atom stereocenters. The van der Waals surface area contributed by atoms with Gasteiger partial charge in [-0.1, -0.05) is 229 Å². The van der Waals surface area contributed by atoms with Crippen LogP contribution in [0, 0.1) is 0 Å². The van der Waals surface area contributed by atoms with E-state index in [1.807, 2.05) is 0 Å². The number of aliphatic hydroxyl groups excluding tert-OH is 2. The molecule has 1 fully saturated rings. The first-order chi connectivity index (χ1) is 37.6. The zero-order chi connectivity index (χ0) is 56.1. The molecule has 442 valence electrons. The fourth-order valence-corrected chi connectivity index (χ4v) is 9.04. The summed E-state index contributed by atoms with van der Waals surface area (Å²) in [4.78, 5) is 51.2. The number of aliphatic carboxylic acids is 1. The molecule has 3 N–H and O–H groups in total. The van der Waals surface area contributed by atoms with Gasteiger partial charge in [-0.25, -0.2) is 4.79 Å². The van der Waals surface area contributed by atoms with Crippen molar-refractivity contribution < 1.29 is 58.2 Å². The summed E-state index contributed by atoms with van der Waals surface area (Å²) < 4.78 is 28.4. The van der Waals surface area contributed by atoms with Crippen LogP contribution in [-0.4, -0.2) is 89.2 Å². The molecule has 0 bridgehead atoms. The highest BCUT2D eigenvalue weighted by Gasteiger charge is 2.50. The zero-order valence-corrected chi connectivity index (χ0v) is 48.7. The Kier molecular flexibility index (Phi) is 48.8. The van der Waals surface area contributed by atoms with Gasteiger partial charge < -0.3 is 39.0 Å².